The quantitative estimate of drug-likeness (QED) is 0.708. The minimum atomic E-state index is -4.86. The van der Waals surface area contributed by atoms with Crippen LogP contribution in [0.4, 0.5) is 13.2 Å². The van der Waals surface area contributed by atoms with Gasteiger partial charge in [-0.3, -0.25) is 0 Å². The van der Waals surface area contributed by atoms with Crippen molar-refractivity contribution in [2.45, 2.75) is 18.7 Å². The van der Waals surface area contributed by atoms with Crippen LogP contribution in [0.5, 0.6) is 5.75 Å². The molecule has 0 radical (unpaired) electrons. The van der Waals surface area contributed by atoms with E-state index in [0.717, 1.165) is 11.6 Å². The summed E-state index contributed by atoms with van der Waals surface area (Å²) >= 11 is 7.66. The molecule has 1 aromatic heterocycles. The zero-order valence-electron chi connectivity index (χ0n) is 12.9. The summed E-state index contributed by atoms with van der Waals surface area (Å²) in [7, 11) is 0. The van der Waals surface area contributed by atoms with Crippen LogP contribution in [0.25, 0.3) is 6.08 Å². The number of aliphatic carboxylic acids is 1. The van der Waals surface area contributed by atoms with Gasteiger partial charge in [0.25, 0.3) is 0 Å². The number of ether oxygens (including phenoxy) is 1. The van der Waals surface area contributed by atoms with Gasteiger partial charge in [-0.05, 0) is 52.6 Å². The van der Waals surface area contributed by atoms with E-state index in [0.29, 0.717) is 17.0 Å². The van der Waals surface area contributed by atoms with Crippen LogP contribution in [-0.4, -0.2) is 18.2 Å². The Morgan fingerprint density at radius 3 is 2.64 bits per heavy atom. The number of carboxylic acids is 1. The zero-order chi connectivity index (χ0) is 17.5. The monoisotopic (exact) mass is 396 g/mol. The molecule has 3 nitrogen and oxygen atoms in total. The second kappa shape index (κ2) is 7.72. The normalized spacial score (nSPS) is 16.3. The van der Waals surface area contributed by atoms with Crippen LogP contribution in [0.15, 0.2) is 34.5 Å². The second-order valence-corrected chi connectivity index (χ2v) is 6.40. The molecule has 0 bridgehead atoms. The molecule has 0 aliphatic carbocycles. The predicted molar refractivity (Wildman–Crippen MR) is 82.0 cm³/mol. The van der Waals surface area contributed by atoms with E-state index < -0.39 is 23.8 Å². The SMILES string of the molecule is O=C([O-])C1=Cc2cc(Cl)c(Cc3ccsc3)cc2OC1C(F)(F)F.[Na+]. The van der Waals surface area contributed by atoms with Crippen LogP contribution < -0.4 is 39.4 Å². The van der Waals surface area contributed by atoms with Gasteiger partial charge >= 0.3 is 35.7 Å². The molecular weight excluding hydrogens is 388 g/mol. The van der Waals surface area contributed by atoms with E-state index in [9.17, 15) is 23.1 Å². The Labute approximate surface area is 172 Å². The number of hydrogen-bond donors (Lipinski definition) is 0. The Morgan fingerprint density at radius 2 is 2.08 bits per heavy atom. The maximum atomic E-state index is 13.0. The minimum Gasteiger partial charge on any atom is -0.545 e. The van der Waals surface area contributed by atoms with Crippen molar-refractivity contribution in [1.82, 2.24) is 0 Å². The first-order chi connectivity index (χ1) is 11.3. The predicted octanol–water partition coefficient (Wildman–Crippen LogP) is 0.453. The largest absolute Gasteiger partial charge is 1.00 e. The number of alkyl halides is 3. The van der Waals surface area contributed by atoms with E-state index in [2.05, 4.69) is 0 Å². The first-order valence-corrected chi connectivity index (χ1v) is 8.07. The standard InChI is InChI=1S/C16H10ClF3O3S.Na/c17-12-5-10-4-11(15(21)22)14(16(18,19)20)23-13(10)6-9(12)3-8-1-2-24-7-8;/h1-2,4-7,14H,3H2,(H,21,22);/q;+1/p-1. The summed E-state index contributed by atoms with van der Waals surface area (Å²) in [6, 6.07) is 4.69. The Morgan fingerprint density at radius 1 is 1.36 bits per heavy atom. The average molecular weight is 397 g/mol. The fourth-order valence-corrected chi connectivity index (χ4v) is 3.32. The first-order valence-electron chi connectivity index (χ1n) is 6.75. The van der Waals surface area contributed by atoms with Crippen LogP contribution >= 0.6 is 22.9 Å². The molecule has 1 atom stereocenters. The molecule has 0 fully saturated rings. The molecular formula is C16H9ClF3NaO3S. The van der Waals surface area contributed by atoms with Gasteiger partial charge in [0.05, 0.1) is 5.97 Å². The van der Waals surface area contributed by atoms with E-state index in [-0.39, 0.29) is 40.9 Å². The van der Waals surface area contributed by atoms with Gasteiger partial charge in [0.1, 0.15) is 5.75 Å². The van der Waals surface area contributed by atoms with Gasteiger partial charge in [0.2, 0.25) is 6.10 Å². The van der Waals surface area contributed by atoms with Crippen LogP contribution in [0.1, 0.15) is 16.7 Å². The van der Waals surface area contributed by atoms with E-state index in [1.807, 2.05) is 16.8 Å². The number of carbonyl (C=O) groups is 1. The Kier molecular flexibility index (Phi) is 6.27. The van der Waals surface area contributed by atoms with Crippen molar-refractivity contribution in [3.8, 4) is 5.75 Å². The maximum Gasteiger partial charge on any atom is 1.00 e. The number of benzene rings is 1. The van der Waals surface area contributed by atoms with E-state index in [1.54, 1.807) is 0 Å². The van der Waals surface area contributed by atoms with Gasteiger partial charge in [-0.2, -0.15) is 24.5 Å². The van der Waals surface area contributed by atoms with E-state index in [1.165, 1.54) is 23.5 Å². The van der Waals surface area contributed by atoms with Gasteiger partial charge in [-0.25, -0.2) is 0 Å². The Bertz CT molecular complexity index is 819. The molecule has 0 N–H and O–H groups in total. The third-order valence-electron chi connectivity index (χ3n) is 3.52. The second-order valence-electron chi connectivity index (χ2n) is 5.22. The summed E-state index contributed by atoms with van der Waals surface area (Å²) in [5, 5.41) is 15.1. The maximum absolute atomic E-state index is 13.0. The summed E-state index contributed by atoms with van der Waals surface area (Å²) in [5.74, 6) is -1.99. The van der Waals surface area contributed by atoms with Gasteiger partial charge < -0.3 is 14.6 Å². The fraction of sp³-hybridized carbons (Fsp3) is 0.188. The third-order valence-corrected chi connectivity index (χ3v) is 4.61. The van der Waals surface area contributed by atoms with Gasteiger partial charge in [0, 0.05) is 16.2 Å². The molecule has 1 aliphatic heterocycles. The first kappa shape index (κ1) is 20.3. The number of rotatable bonds is 3. The molecule has 2 aromatic rings. The molecule has 1 aliphatic rings. The van der Waals surface area contributed by atoms with Crippen LogP contribution in [0, 0.1) is 0 Å². The summed E-state index contributed by atoms with van der Waals surface area (Å²) in [5.41, 5.74) is 0.765. The summed E-state index contributed by atoms with van der Waals surface area (Å²) < 4.78 is 44.1. The Balaban J connectivity index is 0.00000225. The molecule has 3 rings (SSSR count). The van der Waals surface area contributed by atoms with Crippen molar-refractivity contribution in [3.05, 3.63) is 56.2 Å². The van der Waals surface area contributed by atoms with Crippen LogP contribution in [-0.2, 0) is 11.2 Å². The number of carboxylic acid groups (broad SMARTS) is 1. The topological polar surface area (TPSA) is 49.4 Å². The molecule has 1 aromatic carbocycles. The molecule has 0 amide bonds. The molecule has 0 spiro atoms. The minimum absolute atomic E-state index is 0. The summed E-state index contributed by atoms with van der Waals surface area (Å²) in [4.78, 5) is 11.0. The van der Waals surface area contributed by atoms with Gasteiger partial charge in [0.15, 0.2) is 0 Å². The number of carbonyl (C=O) groups excluding carboxylic acids is 1. The molecule has 126 valence electrons. The van der Waals surface area contributed by atoms with Crippen molar-refractivity contribution < 1.29 is 57.4 Å². The number of hydrogen-bond acceptors (Lipinski definition) is 4. The fourth-order valence-electron chi connectivity index (χ4n) is 2.42. The van der Waals surface area contributed by atoms with E-state index >= 15 is 0 Å². The van der Waals surface area contributed by atoms with Crippen molar-refractivity contribution in [2.24, 2.45) is 0 Å². The van der Waals surface area contributed by atoms with Crippen molar-refractivity contribution in [2.75, 3.05) is 0 Å². The zero-order valence-corrected chi connectivity index (χ0v) is 16.5. The van der Waals surface area contributed by atoms with Crippen molar-refractivity contribution in [3.63, 3.8) is 0 Å². The molecule has 9 heteroatoms. The van der Waals surface area contributed by atoms with Crippen molar-refractivity contribution in [1.29, 1.82) is 0 Å². The summed E-state index contributed by atoms with van der Waals surface area (Å²) in [6.07, 6.45) is -6.10. The molecule has 0 saturated carbocycles. The number of thiophene rings is 1. The molecule has 1 unspecified atom stereocenters. The molecule has 25 heavy (non-hydrogen) atoms. The number of halogens is 4. The van der Waals surface area contributed by atoms with Gasteiger partial charge in [-0.15, -0.1) is 0 Å². The van der Waals surface area contributed by atoms with Gasteiger partial charge in [-0.1, -0.05) is 11.6 Å². The number of fused-ring (bicyclic) bond motifs is 1. The smallest absolute Gasteiger partial charge is 0.545 e. The van der Waals surface area contributed by atoms with Crippen molar-refractivity contribution >= 4 is 35.0 Å². The molecule has 0 saturated heterocycles. The van der Waals surface area contributed by atoms with Crippen LogP contribution in [0.2, 0.25) is 5.02 Å². The van der Waals surface area contributed by atoms with E-state index in [4.69, 9.17) is 16.3 Å². The third kappa shape index (κ3) is 4.41. The van der Waals surface area contributed by atoms with Crippen LogP contribution in [0.3, 0.4) is 0 Å². The average Bonchev–Trinajstić information content (AvgIpc) is 2.98. The molecule has 2 heterocycles. The summed E-state index contributed by atoms with van der Waals surface area (Å²) in [6.45, 7) is 0. The Hall–Kier alpha value is -0.990.